The molecule has 26 heavy (non-hydrogen) atoms. The maximum atomic E-state index is 12.3. The van der Waals surface area contributed by atoms with Crippen LogP contribution in [0.5, 0.6) is 0 Å². The van der Waals surface area contributed by atoms with Gasteiger partial charge in [0, 0.05) is 25.2 Å². The van der Waals surface area contributed by atoms with Crippen molar-refractivity contribution < 1.29 is 24.0 Å². The van der Waals surface area contributed by atoms with E-state index in [1.165, 1.54) is 17.0 Å². The van der Waals surface area contributed by atoms with E-state index in [2.05, 4.69) is 5.32 Å². The molecule has 2 rings (SSSR count). The Balaban J connectivity index is 2.05. The third-order valence-electron chi connectivity index (χ3n) is 3.93. The van der Waals surface area contributed by atoms with Crippen molar-refractivity contribution in [1.82, 2.24) is 4.90 Å². The van der Waals surface area contributed by atoms with Gasteiger partial charge in [0.1, 0.15) is 0 Å². The molecule has 1 unspecified atom stereocenters. The van der Waals surface area contributed by atoms with Crippen molar-refractivity contribution in [3.05, 3.63) is 33.3 Å². The second kappa shape index (κ2) is 8.61. The maximum Gasteiger partial charge on any atom is 0.313 e. The van der Waals surface area contributed by atoms with Gasteiger partial charge in [-0.15, -0.1) is 0 Å². The van der Waals surface area contributed by atoms with Gasteiger partial charge in [-0.25, -0.2) is 0 Å². The summed E-state index contributed by atoms with van der Waals surface area (Å²) in [6, 6.07) is 3.52. The molecule has 2 amide bonds. The second-order valence-electron chi connectivity index (χ2n) is 5.72. The molecule has 1 aromatic carbocycles. The van der Waals surface area contributed by atoms with Crippen LogP contribution in [0.25, 0.3) is 0 Å². The molecular formula is C16H18ClN3O6. The van der Waals surface area contributed by atoms with E-state index in [9.17, 15) is 24.5 Å². The molecular weight excluding hydrogens is 366 g/mol. The quantitative estimate of drug-likeness (QED) is 0.367. The van der Waals surface area contributed by atoms with E-state index in [1.54, 1.807) is 6.92 Å². The monoisotopic (exact) mass is 383 g/mol. The standard InChI is InChI=1S/C16H18ClN3O6/c1-2-26-16(23)10-4-3-7-19(9-10)15(22)14(21)18-13-8-11(20(24)25)5-6-12(13)17/h5-6,8,10H,2-4,7,9H2,1H3,(H,18,21). The molecule has 0 aliphatic carbocycles. The van der Waals surface area contributed by atoms with Crippen LogP contribution in [0.15, 0.2) is 18.2 Å². The zero-order chi connectivity index (χ0) is 19.3. The molecule has 1 atom stereocenters. The number of nitrogens with zero attached hydrogens (tertiary/aromatic N) is 2. The van der Waals surface area contributed by atoms with Crippen LogP contribution in [0.1, 0.15) is 19.8 Å². The van der Waals surface area contributed by atoms with Crippen LogP contribution in [-0.2, 0) is 19.1 Å². The lowest BCUT2D eigenvalue weighted by Gasteiger charge is -2.31. The van der Waals surface area contributed by atoms with Gasteiger partial charge >= 0.3 is 17.8 Å². The number of carbonyl (C=O) groups excluding carboxylic acids is 3. The fourth-order valence-electron chi connectivity index (χ4n) is 2.66. The fourth-order valence-corrected chi connectivity index (χ4v) is 2.82. The summed E-state index contributed by atoms with van der Waals surface area (Å²) in [5.74, 6) is -2.67. The van der Waals surface area contributed by atoms with Crippen molar-refractivity contribution in [3.8, 4) is 0 Å². The number of rotatable bonds is 4. The smallest absolute Gasteiger partial charge is 0.313 e. The zero-order valence-corrected chi connectivity index (χ0v) is 14.8. The van der Waals surface area contributed by atoms with Gasteiger partial charge in [0.2, 0.25) is 0 Å². The molecule has 140 valence electrons. The van der Waals surface area contributed by atoms with Crippen LogP contribution in [0.2, 0.25) is 5.02 Å². The first-order valence-corrected chi connectivity index (χ1v) is 8.42. The van der Waals surface area contributed by atoms with E-state index >= 15 is 0 Å². The first kappa shape index (κ1) is 19.6. The van der Waals surface area contributed by atoms with Crippen LogP contribution in [0, 0.1) is 16.0 Å². The minimum absolute atomic E-state index is 0.0295. The van der Waals surface area contributed by atoms with Crippen molar-refractivity contribution >= 4 is 40.8 Å². The van der Waals surface area contributed by atoms with Crippen molar-refractivity contribution in [2.75, 3.05) is 25.0 Å². The summed E-state index contributed by atoms with van der Waals surface area (Å²) in [6.07, 6.45) is 1.15. The molecule has 10 heteroatoms. The predicted molar refractivity (Wildman–Crippen MR) is 92.7 cm³/mol. The Hall–Kier alpha value is -2.68. The molecule has 1 aliphatic heterocycles. The Morgan fingerprint density at radius 1 is 1.42 bits per heavy atom. The van der Waals surface area contributed by atoms with E-state index in [0.717, 1.165) is 6.07 Å². The molecule has 0 saturated carbocycles. The van der Waals surface area contributed by atoms with Crippen molar-refractivity contribution in [1.29, 1.82) is 0 Å². The Kier molecular flexibility index (Phi) is 6.51. The van der Waals surface area contributed by atoms with Crippen molar-refractivity contribution in [3.63, 3.8) is 0 Å². The maximum absolute atomic E-state index is 12.3. The van der Waals surface area contributed by atoms with Gasteiger partial charge < -0.3 is 15.0 Å². The van der Waals surface area contributed by atoms with Gasteiger partial charge in [0.05, 0.1) is 28.2 Å². The number of benzene rings is 1. The Morgan fingerprint density at radius 3 is 2.81 bits per heavy atom. The van der Waals surface area contributed by atoms with Gasteiger partial charge in [-0.1, -0.05) is 11.6 Å². The minimum Gasteiger partial charge on any atom is -0.466 e. The first-order valence-electron chi connectivity index (χ1n) is 8.04. The van der Waals surface area contributed by atoms with Gasteiger partial charge in [-0.05, 0) is 25.8 Å². The Labute approximate surface area is 154 Å². The van der Waals surface area contributed by atoms with E-state index in [-0.39, 0.29) is 29.5 Å². The summed E-state index contributed by atoms with van der Waals surface area (Å²) < 4.78 is 4.96. The molecule has 1 aliphatic rings. The topological polar surface area (TPSA) is 119 Å². The van der Waals surface area contributed by atoms with E-state index in [1.807, 2.05) is 0 Å². The molecule has 1 heterocycles. The van der Waals surface area contributed by atoms with E-state index in [0.29, 0.717) is 19.4 Å². The number of ether oxygens (including phenoxy) is 1. The number of carbonyl (C=O) groups is 3. The summed E-state index contributed by atoms with van der Waals surface area (Å²) in [7, 11) is 0. The SMILES string of the molecule is CCOC(=O)C1CCCN(C(=O)C(=O)Nc2cc([N+](=O)[O-])ccc2Cl)C1. The highest BCUT2D eigenvalue weighted by molar-refractivity contribution is 6.41. The van der Waals surface area contributed by atoms with E-state index < -0.39 is 28.6 Å². The number of nitrogens with one attached hydrogen (secondary N) is 1. The Morgan fingerprint density at radius 2 is 2.15 bits per heavy atom. The summed E-state index contributed by atoms with van der Waals surface area (Å²) >= 11 is 5.91. The lowest BCUT2D eigenvalue weighted by Crippen LogP contribution is -2.47. The highest BCUT2D eigenvalue weighted by atomic mass is 35.5. The average molecular weight is 384 g/mol. The molecule has 0 bridgehead atoms. The summed E-state index contributed by atoms with van der Waals surface area (Å²) in [6.45, 7) is 2.37. The molecule has 1 fully saturated rings. The van der Waals surface area contributed by atoms with Gasteiger partial charge in [0.25, 0.3) is 5.69 Å². The molecule has 1 aromatic rings. The molecule has 9 nitrogen and oxygen atoms in total. The summed E-state index contributed by atoms with van der Waals surface area (Å²) in [5.41, 5.74) is -0.296. The van der Waals surface area contributed by atoms with Gasteiger partial charge in [0.15, 0.2) is 0 Å². The van der Waals surface area contributed by atoms with Gasteiger partial charge in [-0.3, -0.25) is 24.5 Å². The number of amides is 2. The number of nitro benzene ring substituents is 1. The summed E-state index contributed by atoms with van der Waals surface area (Å²) in [4.78, 5) is 47.8. The molecule has 1 saturated heterocycles. The predicted octanol–water partition coefficient (Wildman–Crippen LogP) is 1.99. The number of likely N-dealkylation sites (tertiary alicyclic amines) is 1. The van der Waals surface area contributed by atoms with Gasteiger partial charge in [-0.2, -0.15) is 0 Å². The van der Waals surface area contributed by atoms with Crippen molar-refractivity contribution in [2.45, 2.75) is 19.8 Å². The number of hydrogen-bond acceptors (Lipinski definition) is 6. The first-order chi connectivity index (χ1) is 12.3. The highest BCUT2D eigenvalue weighted by Crippen LogP contribution is 2.27. The van der Waals surface area contributed by atoms with Crippen LogP contribution in [0.3, 0.4) is 0 Å². The lowest BCUT2D eigenvalue weighted by atomic mass is 9.98. The Bertz CT molecular complexity index is 739. The number of anilines is 1. The molecule has 1 N–H and O–H groups in total. The number of nitro groups is 1. The minimum atomic E-state index is -0.975. The summed E-state index contributed by atoms with van der Waals surface area (Å²) in [5, 5.41) is 13.2. The fraction of sp³-hybridized carbons (Fsp3) is 0.438. The average Bonchev–Trinajstić information content (AvgIpc) is 2.63. The lowest BCUT2D eigenvalue weighted by molar-refractivity contribution is -0.384. The number of non-ortho nitro benzene ring substituents is 1. The number of piperidine rings is 1. The van der Waals surface area contributed by atoms with Crippen LogP contribution in [0.4, 0.5) is 11.4 Å². The largest absolute Gasteiger partial charge is 0.466 e. The molecule has 0 spiro atoms. The van der Waals surface area contributed by atoms with Crippen molar-refractivity contribution in [2.24, 2.45) is 5.92 Å². The van der Waals surface area contributed by atoms with Crippen LogP contribution >= 0.6 is 11.6 Å². The van der Waals surface area contributed by atoms with E-state index in [4.69, 9.17) is 16.3 Å². The van der Waals surface area contributed by atoms with Crippen LogP contribution in [-0.4, -0.2) is 47.3 Å². The number of hydrogen-bond donors (Lipinski definition) is 1. The number of halogens is 1. The third-order valence-corrected chi connectivity index (χ3v) is 4.26. The number of esters is 1. The zero-order valence-electron chi connectivity index (χ0n) is 14.1. The normalized spacial score (nSPS) is 16.7. The molecule has 0 radical (unpaired) electrons. The third kappa shape index (κ3) is 4.69. The van der Waals surface area contributed by atoms with Crippen LogP contribution < -0.4 is 5.32 Å². The second-order valence-corrected chi connectivity index (χ2v) is 6.12. The highest BCUT2D eigenvalue weighted by Gasteiger charge is 2.32. The molecule has 0 aromatic heterocycles.